The van der Waals surface area contributed by atoms with Crippen molar-refractivity contribution in [3.8, 4) is 0 Å². The molecule has 44 heavy (non-hydrogen) atoms. The monoisotopic (exact) mass is 632 g/mol. The van der Waals surface area contributed by atoms with Gasteiger partial charge in [0.25, 0.3) is 5.91 Å². The van der Waals surface area contributed by atoms with Gasteiger partial charge in [0.2, 0.25) is 18.3 Å². The van der Waals surface area contributed by atoms with Gasteiger partial charge in [0, 0.05) is 25.7 Å². The van der Waals surface area contributed by atoms with Crippen molar-refractivity contribution in [2.24, 2.45) is 11.8 Å². The van der Waals surface area contributed by atoms with E-state index < -0.39 is 67.6 Å². The minimum Gasteiger partial charge on any atom is -0.349 e. The number of hydrogen-bond donors (Lipinski definition) is 2. The molecule has 17 heteroatoms. The Balaban J connectivity index is 1.36. The number of rotatable bonds is 12. The second-order valence-electron chi connectivity index (χ2n) is 11.4. The summed E-state index contributed by atoms with van der Waals surface area (Å²) < 4.78 is 92.3. The minimum absolute atomic E-state index is 0.0357. The van der Waals surface area contributed by atoms with Gasteiger partial charge in [0.05, 0.1) is 49.3 Å². The molecule has 2 fully saturated rings. The lowest BCUT2D eigenvalue weighted by molar-refractivity contribution is -0.144. The summed E-state index contributed by atoms with van der Waals surface area (Å²) in [4.78, 5) is 31.0. The fourth-order valence-electron chi connectivity index (χ4n) is 5.40. The second-order valence-corrected chi connectivity index (χ2v) is 11.4. The van der Waals surface area contributed by atoms with Crippen LogP contribution >= 0.6 is 0 Å². The van der Waals surface area contributed by atoms with Crippen molar-refractivity contribution in [1.29, 1.82) is 0 Å². The predicted octanol–water partition coefficient (Wildman–Crippen LogP) is 5.18. The Morgan fingerprint density at radius 3 is 2.36 bits per heavy atom. The maximum atomic E-state index is 14.0. The van der Waals surface area contributed by atoms with Crippen molar-refractivity contribution >= 4 is 17.5 Å². The zero-order valence-corrected chi connectivity index (χ0v) is 23.4. The highest BCUT2D eigenvalue weighted by atomic mass is 19.4. The van der Waals surface area contributed by atoms with Gasteiger partial charge in [-0.2, -0.15) is 28.2 Å². The summed E-state index contributed by atoms with van der Waals surface area (Å²) in [5.74, 6) is -4.61. The maximum absolute atomic E-state index is 14.0. The third-order valence-electron chi connectivity index (χ3n) is 7.92. The third-order valence-corrected chi connectivity index (χ3v) is 7.92. The molecule has 2 N–H and O–H groups in total. The van der Waals surface area contributed by atoms with Gasteiger partial charge < -0.3 is 10.6 Å². The normalized spacial score (nSPS) is 18.8. The van der Waals surface area contributed by atoms with Crippen molar-refractivity contribution in [3.05, 3.63) is 41.6 Å². The molecule has 1 unspecified atom stereocenters. The van der Waals surface area contributed by atoms with Crippen LogP contribution in [0.15, 0.2) is 24.7 Å². The first kappa shape index (κ1) is 31.6. The van der Waals surface area contributed by atoms with E-state index in [1.165, 1.54) is 10.7 Å². The van der Waals surface area contributed by atoms with E-state index >= 15 is 0 Å². The summed E-state index contributed by atoms with van der Waals surface area (Å²) in [6.07, 6.45) is -4.28. The molecule has 3 aromatic rings. The van der Waals surface area contributed by atoms with Crippen LogP contribution in [0.1, 0.15) is 91.6 Å². The molecule has 5 rings (SSSR count). The standard InChI is InChI=1S/C27H31F7N8O2/c28-20(29)6-10-42-36-13-18(40-42)25(44)39-24(16-3-7-26(30,31)8-4-16)19-14-41-21(37-19)11-17(12-35-41)23(15-1-2-15)38-22(43)5-9-27(32,33)34/h11-16,20,23-24H,1-10H2,(H,38,43)(H,39,44)/t23?,24-/m0/s1. The van der Waals surface area contributed by atoms with E-state index in [-0.39, 0.29) is 43.8 Å². The number of nitrogens with zero attached hydrogens (tertiary/aromatic N) is 6. The van der Waals surface area contributed by atoms with Crippen molar-refractivity contribution < 1.29 is 40.3 Å². The molecule has 240 valence electrons. The molecule has 0 aromatic carbocycles. The Morgan fingerprint density at radius 1 is 1.00 bits per heavy atom. The number of alkyl halides is 7. The highest BCUT2D eigenvalue weighted by molar-refractivity contribution is 5.92. The summed E-state index contributed by atoms with van der Waals surface area (Å²) in [6.45, 7) is -0.197. The molecule has 2 aliphatic rings. The van der Waals surface area contributed by atoms with Gasteiger partial charge in [-0.05, 0) is 49.1 Å². The second kappa shape index (κ2) is 12.7. The van der Waals surface area contributed by atoms with Crippen molar-refractivity contribution in [1.82, 2.24) is 40.2 Å². The molecule has 2 aliphatic carbocycles. The number of aromatic nitrogens is 6. The Bertz CT molecular complexity index is 1460. The van der Waals surface area contributed by atoms with Gasteiger partial charge in [-0.1, -0.05) is 0 Å². The molecule has 2 saturated carbocycles. The highest BCUT2D eigenvalue weighted by Crippen LogP contribution is 2.43. The number of imidazole rings is 1. The number of fused-ring (bicyclic) bond motifs is 1. The van der Waals surface area contributed by atoms with Crippen molar-refractivity contribution in [2.75, 3.05) is 0 Å². The lowest BCUT2D eigenvalue weighted by Crippen LogP contribution is -2.37. The molecular formula is C27H31F7N8O2. The van der Waals surface area contributed by atoms with Crippen LogP contribution in [0.3, 0.4) is 0 Å². The molecule has 0 spiro atoms. The Kier molecular flexibility index (Phi) is 9.11. The van der Waals surface area contributed by atoms with Gasteiger partial charge in [0.1, 0.15) is 0 Å². The lowest BCUT2D eigenvalue weighted by atomic mass is 9.81. The van der Waals surface area contributed by atoms with Crippen molar-refractivity contribution in [3.63, 3.8) is 0 Å². The van der Waals surface area contributed by atoms with Gasteiger partial charge in [-0.25, -0.2) is 27.1 Å². The number of amides is 2. The zero-order valence-electron chi connectivity index (χ0n) is 23.4. The average molecular weight is 633 g/mol. The van der Waals surface area contributed by atoms with Crippen LogP contribution in [0.5, 0.6) is 0 Å². The Morgan fingerprint density at radius 2 is 1.70 bits per heavy atom. The summed E-state index contributed by atoms with van der Waals surface area (Å²) in [6, 6.07) is 0.264. The van der Waals surface area contributed by atoms with Crippen molar-refractivity contribution in [2.45, 2.75) is 94.9 Å². The van der Waals surface area contributed by atoms with E-state index in [0.29, 0.717) is 16.9 Å². The van der Waals surface area contributed by atoms with Crippen LogP contribution in [-0.2, 0) is 11.3 Å². The number of carbonyl (C=O) groups excluding carboxylic acids is 2. The SMILES string of the molecule is O=C(CCC(F)(F)F)NC(c1cnn2cc([C@@H](NC(=O)c3cnn(CCC(F)F)n3)C3CCC(F)(F)CC3)nc2c1)C1CC1. The van der Waals surface area contributed by atoms with Gasteiger partial charge in [0.15, 0.2) is 11.3 Å². The van der Waals surface area contributed by atoms with E-state index in [2.05, 4.69) is 30.9 Å². The molecule has 2 amide bonds. The number of carbonyl (C=O) groups is 2. The molecule has 0 saturated heterocycles. The molecule has 0 bridgehead atoms. The summed E-state index contributed by atoms with van der Waals surface area (Å²) in [5.41, 5.74) is 1.07. The first-order chi connectivity index (χ1) is 20.8. The predicted molar refractivity (Wildman–Crippen MR) is 140 cm³/mol. The van der Waals surface area contributed by atoms with E-state index in [4.69, 9.17) is 0 Å². The summed E-state index contributed by atoms with van der Waals surface area (Å²) >= 11 is 0. The zero-order chi connectivity index (χ0) is 31.6. The van der Waals surface area contributed by atoms with Gasteiger partial charge in [-0.15, -0.1) is 5.10 Å². The summed E-state index contributed by atoms with van der Waals surface area (Å²) in [5, 5.41) is 17.6. The molecular weight excluding hydrogens is 601 g/mol. The topological polar surface area (TPSA) is 119 Å². The largest absolute Gasteiger partial charge is 0.389 e. The smallest absolute Gasteiger partial charge is 0.349 e. The molecule has 3 heterocycles. The highest BCUT2D eigenvalue weighted by Gasteiger charge is 2.40. The van der Waals surface area contributed by atoms with E-state index in [1.807, 2.05) is 0 Å². The fraction of sp³-hybridized carbons (Fsp3) is 0.630. The first-order valence-corrected chi connectivity index (χ1v) is 14.3. The molecule has 0 aliphatic heterocycles. The number of halogens is 7. The van der Waals surface area contributed by atoms with E-state index in [9.17, 15) is 40.3 Å². The van der Waals surface area contributed by atoms with Crippen LogP contribution in [-0.4, -0.2) is 59.9 Å². The number of hydrogen-bond acceptors (Lipinski definition) is 6. The summed E-state index contributed by atoms with van der Waals surface area (Å²) in [7, 11) is 0. The molecule has 3 aromatic heterocycles. The van der Waals surface area contributed by atoms with Crippen LogP contribution in [0, 0.1) is 11.8 Å². The van der Waals surface area contributed by atoms with E-state index in [1.54, 1.807) is 12.3 Å². The quantitative estimate of drug-likeness (QED) is 0.266. The third kappa shape index (κ3) is 8.22. The van der Waals surface area contributed by atoms with Crippen LogP contribution < -0.4 is 10.6 Å². The van der Waals surface area contributed by atoms with Crippen LogP contribution in [0.2, 0.25) is 0 Å². The Labute approximate surface area is 246 Å². The Hall–Kier alpha value is -3.79. The van der Waals surface area contributed by atoms with E-state index in [0.717, 1.165) is 23.8 Å². The fourth-order valence-corrected chi connectivity index (χ4v) is 5.40. The minimum atomic E-state index is -4.45. The maximum Gasteiger partial charge on any atom is 0.389 e. The lowest BCUT2D eigenvalue weighted by Gasteiger charge is -2.33. The first-order valence-electron chi connectivity index (χ1n) is 14.3. The number of nitrogens with one attached hydrogen (secondary N) is 2. The van der Waals surface area contributed by atoms with Crippen LogP contribution in [0.4, 0.5) is 30.7 Å². The molecule has 10 nitrogen and oxygen atoms in total. The van der Waals surface area contributed by atoms with Gasteiger partial charge >= 0.3 is 6.18 Å². The molecule has 0 radical (unpaired) electrons. The van der Waals surface area contributed by atoms with Gasteiger partial charge in [-0.3, -0.25) is 9.59 Å². The average Bonchev–Trinajstić information content (AvgIpc) is 3.52. The molecule has 2 atom stereocenters. The number of aryl methyl sites for hydroxylation is 1. The van der Waals surface area contributed by atoms with Crippen LogP contribution in [0.25, 0.3) is 5.65 Å².